The van der Waals surface area contributed by atoms with Gasteiger partial charge in [0.05, 0.1) is 0 Å². The van der Waals surface area contributed by atoms with Gasteiger partial charge in [0.2, 0.25) is 5.91 Å². The molecule has 0 aliphatic heterocycles. The fourth-order valence-corrected chi connectivity index (χ4v) is 2.12. The molecule has 0 unspecified atom stereocenters. The zero-order chi connectivity index (χ0) is 11.5. The van der Waals surface area contributed by atoms with Crippen LogP contribution in [0.1, 0.15) is 59.8 Å². The van der Waals surface area contributed by atoms with E-state index in [0.29, 0.717) is 6.04 Å². The molecule has 88 valence electrons. The zero-order valence-electron chi connectivity index (χ0n) is 10.6. The third kappa shape index (κ3) is 3.84. The molecule has 0 aromatic heterocycles. The van der Waals surface area contributed by atoms with E-state index in [4.69, 9.17) is 0 Å². The van der Waals surface area contributed by atoms with Gasteiger partial charge >= 0.3 is 0 Å². The summed E-state index contributed by atoms with van der Waals surface area (Å²) in [5.41, 5.74) is -0.248. The lowest BCUT2D eigenvalue weighted by Gasteiger charge is -2.30. The number of carbonyl (C=O) groups is 1. The second-order valence-electron chi connectivity index (χ2n) is 5.85. The highest BCUT2D eigenvalue weighted by molar-refractivity contribution is 5.81. The van der Waals surface area contributed by atoms with Crippen molar-refractivity contribution >= 4 is 5.91 Å². The molecule has 1 rings (SSSR count). The molecule has 0 atom stereocenters. The van der Waals surface area contributed by atoms with Crippen molar-refractivity contribution in [2.24, 2.45) is 11.3 Å². The maximum atomic E-state index is 11.8. The lowest BCUT2D eigenvalue weighted by Crippen LogP contribution is -2.43. The zero-order valence-corrected chi connectivity index (χ0v) is 10.6. The van der Waals surface area contributed by atoms with E-state index in [2.05, 4.69) is 12.2 Å². The maximum Gasteiger partial charge on any atom is 0.225 e. The van der Waals surface area contributed by atoms with Crippen LogP contribution in [-0.4, -0.2) is 11.9 Å². The normalized spacial score (nSPS) is 27.5. The Labute approximate surface area is 93.8 Å². The van der Waals surface area contributed by atoms with E-state index in [9.17, 15) is 4.79 Å². The third-order valence-electron chi connectivity index (χ3n) is 3.44. The summed E-state index contributed by atoms with van der Waals surface area (Å²) in [7, 11) is 0. The molecule has 0 aromatic carbocycles. The molecule has 1 saturated carbocycles. The van der Waals surface area contributed by atoms with Gasteiger partial charge in [-0.05, 0) is 31.6 Å². The maximum absolute atomic E-state index is 11.8. The topological polar surface area (TPSA) is 29.1 Å². The van der Waals surface area contributed by atoms with Crippen molar-refractivity contribution in [1.82, 2.24) is 5.32 Å². The predicted molar refractivity (Wildman–Crippen MR) is 63.6 cm³/mol. The average Bonchev–Trinajstić information content (AvgIpc) is 2.17. The molecule has 0 saturated heterocycles. The fraction of sp³-hybridized carbons (Fsp3) is 0.923. The summed E-state index contributed by atoms with van der Waals surface area (Å²) in [4.78, 5) is 11.8. The Balaban J connectivity index is 2.33. The summed E-state index contributed by atoms with van der Waals surface area (Å²) in [5, 5.41) is 3.16. The molecule has 1 amide bonds. The van der Waals surface area contributed by atoms with E-state index < -0.39 is 0 Å². The molecule has 1 aliphatic carbocycles. The SMILES string of the molecule is CC[C@H]1CC[C@@H](NC(=O)C(C)(C)C)CC1. The van der Waals surface area contributed by atoms with Crippen LogP contribution in [0.25, 0.3) is 0 Å². The van der Waals surface area contributed by atoms with Crippen molar-refractivity contribution in [2.75, 3.05) is 0 Å². The second kappa shape index (κ2) is 5.00. The molecule has 0 heterocycles. The van der Waals surface area contributed by atoms with E-state index in [-0.39, 0.29) is 11.3 Å². The third-order valence-corrected chi connectivity index (χ3v) is 3.44. The first kappa shape index (κ1) is 12.5. The van der Waals surface area contributed by atoms with Crippen LogP contribution in [0.3, 0.4) is 0 Å². The first-order chi connectivity index (χ1) is 6.93. The van der Waals surface area contributed by atoms with Crippen molar-refractivity contribution in [3.63, 3.8) is 0 Å². The van der Waals surface area contributed by atoms with Crippen LogP contribution in [0.5, 0.6) is 0 Å². The van der Waals surface area contributed by atoms with Crippen LogP contribution in [0.2, 0.25) is 0 Å². The van der Waals surface area contributed by atoms with Crippen molar-refractivity contribution in [3.05, 3.63) is 0 Å². The van der Waals surface area contributed by atoms with Crippen LogP contribution in [0.15, 0.2) is 0 Å². The number of rotatable bonds is 2. The van der Waals surface area contributed by atoms with Gasteiger partial charge in [-0.3, -0.25) is 4.79 Å². The molecule has 0 radical (unpaired) electrons. The number of nitrogens with one attached hydrogen (secondary N) is 1. The van der Waals surface area contributed by atoms with E-state index in [0.717, 1.165) is 5.92 Å². The highest BCUT2D eigenvalue weighted by atomic mass is 16.2. The van der Waals surface area contributed by atoms with Crippen molar-refractivity contribution < 1.29 is 4.79 Å². The van der Waals surface area contributed by atoms with Crippen LogP contribution in [0.4, 0.5) is 0 Å². The summed E-state index contributed by atoms with van der Waals surface area (Å²) >= 11 is 0. The Morgan fingerprint density at radius 1 is 1.20 bits per heavy atom. The second-order valence-corrected chi connectivity index (χ2v) is 5.85. The molecule has 1 N–H and O–H groups in total. The number of amides is 1. The molecule has 1 aliphatic rings. The van der Waals surface area contributed by atoms with Crippen molar-refractivity contribution in [1.29, 1.82) is 0 Å². The Bertz CT molecular complexity index is 209. The van der Waals surface area contributed by atoms with Gasteiger partial charge in [0.1, 0.15) is 0 Å². The minimum Gasteiger partial charge on any atom is -0.353 e. The Morgan fingerprint density at radius 3 is 2.13 bits per heavy atom. The minimum atomic E-state index is -0.248. The standard InChI is InChI=1S/C13H25NO/c1-5-10-6-8-11(9-7-10)14-12(15)13(2,3)4/h10-11H,5-9H2,1-4H3,(H,14,15)/t10-,11+. The van der Waals surface area contributed by atoms with Crippen molar-refractivity contribution in [2.45, 2.75) is 65.8 Å². The molecule has 2 heteroatoms. The lowest BCUT2D eigenvalue weighted by atomic mass is 9.84. The van der Waals surface area contributed by atoms with Gasteiger partial charge in [-0.25, -0.2) is 0 Å². The number of hydrogen-bond acceptors (Lipinski definition) is 1. The highest BCUT2D eigenvalue weighted by Crippen LogP contribution is 2.27. The monoisotopic (exact) mass is 211 g/mol. The Kier molecular flexibility index (Phi) is 4.18. The number of hydrogen-bond donors (Lipinski definition) is 1. The molecule has 0 bridgehead atoms. The van der Waals surface area contributed by atoms with E-state index in [1.807, 2.05) is 20.8 Å². The lowest BCUT2D eigenvalue weighted by molar-refractivity contribution is -0.129. The molecular weight excluding hydrogens is 186 g/mol. The first-order valence-electron chi connectivity index (χ1n) is 6.24. The van der Waals surface area contributed by atoms with Gasteiger partial charge in [-0.15, -0.1) is 0 Å². The van der Waals surface area contributed by atoms with Gasteiger partial charge in [-0.1, -0.05) is 34.1 Å². The van der Waals surface area contributed by atoms with Gasteiger partial charge in [0, 0.05) is 11.5 Å². The molecule has 0 spiro atoms. The summed E-state index contributed by atoms with van der Waals surface area (Å²) in [6.45, 7) is 8.18. The molecule has 1 fully saturated rings. The Morgan fingerprint density at radius 2 is 1.73 bits per heavy atom. The quantitative estimate of drug-likeness (QED) is 0.747. The van der Waals surface area contributed by atoms with Crippen LogP contribution in [-0.2, 0) is 4.79 Å². The van der Waals surface area contributed by atoms with Gasteiger partial charge in [0.25, 0.3) is 0 Å². The molecular formula is C13H25NO. The fourth-order valence-electron chi connectivity index (χ4n) is 2.12. The smallest absolute Gasteiger partial charge is 0.225 e. The van der Waals surface area contributed by atoms with E-state index in [1.165, 1.54) is 32.1 Å². The van der Waals surface area contributed by atoms with Gasteiger partial charge < -0.3 is 5.32 Å². The minimum absolute atomic E-state index is 0.197. The summed E-state index contributed by atoms with van der Waals surface area (Å²) in [6, 6.07) is 0.430. The van der Waals surface area contributed by atoms with Gasteiger partial charge in [-0.2, -0.15) is 0 Å². The van der Waals surface area contributed by atoms with Crippen LogP contribution >= 0.6 is 0 Å². The summed E-state index contributed by atoms with van der Waals surface area (Å²) < 4.78 is 0. The summed E-state index contributed by atoms with van der Waals surface area (Å²) in [5.74, 6) is 1.09. The molecule has 15 heavy (non-hydrogen) atoms. The number of carbonyl (C=O) groups excluding carboxylic acids is 1. The summed E-state index contributed by atoms with van der Waals surface area (Å²) in [6.07, 6.45) is 6.19. The van der Waals surface area contributed by atoms with Crippen LogP contribution < -0.4 is 5.32 Å². The average molecular weight is 211 g/mol. The Hall–Kier alpha value is -0.530. The predicted octanol–water partition coefficient (Wildman–Crippen LogP) is 3.12. The highest BCUT2D eigenvalue weighted by Gasteiger charge is 2.26. The molecule has 0 aromatic rings. The van der Waals surface area contributed by atoms with Crippen molar-refractivity contribution in [3.8, 4) is 0 Å². The van der Waals surface area contributed by atoms with E-state index >= 15 is 0 Å². The largest absolute Gasteiger partial charge is 0.353 e. The van der Waals surface area contributed by atoms with E-state index in [1.54, 1.807) is 0 Å². The molecule has 2 nitrogen and oxygen atoms in total. The van der Waals surface area contributed by atoms with Crippen LogP contribution in [0, 0.1) is 11.3 Å². The van der Waals surface area contributed by atoms with Gasteiger partial charge in [0.15, 0.2) is 0 Å². The first-order valence-corrected chi connectivity index (χ1v) is 6.24.